The zero-order chi connectivity index (χ0) is 9.10. The lowest BCUT2D eigenvalue weighted by Crippen LogP contribution is -2.13. The van der Waals surface area contributed by atoms with Crippen molar-refractivity contribution < 1.29 is 4.52 Å². The number of hydrogen-bond donors (Lipinski definition) is 2. The first-order chi connectivity index (χ1) is 6.42. The second-order valence-corrected chi connectivity index (χ2v) is 2.61. The van der Waals surface area contributed by atoms with E-state index in [2.05, 4.69) is 15.5 Å². The van der Waals surface area contributed by atoms with E-state index < -0.39 is 0 Å². The van der Waals surface area contributed by atoms with Crippen molar-refractivity contribution in [3.05, 3.63) is 18.5 Å². The minimum absolute atomic E-state index is 0.573. The number of nitrogens with two attached hydrogens (primary N) is 1. The fourth-order valence-electron chi connectivity index (χ4n) is 1.13. The summed E-state index contributed by atoms with van der Waals surface area (Å²) in [7, 11) is 0. The van der Waals surface area contributed by atoms with Gasteiger partial charge in [0.15, 0.2) is 5.58 Å². The van der Waals surface area contributed by atoms with Gasteiger partial charge in [-0.1, -0.05) is 5.16 Å². The molecule has 0 aromatic carbocycles. The van der Waals surface area contributed by atoms with E-state index in [-0.39, 0.29) is 0 Å². The van der Waals surface area contributed by atoms with Crippen LogP contribution in [0.15, 0.2) is 23.0 Å². The van der Waals surface area contributed by atoms with Crippen LogP contribution in [0.25, 0.3) is 11.0 Å². The summed E-state index contributed by atoms with van der Waals surface area (Å²) in [5.41, 5.74) is 6.10. The number of anilines is 1. The lowest BCUT2D eigenvalue weighted by Gasteiger charge is -2.02. The van der Waals surface area contributed by atoms with Crippen LogP contribution in [-0.4, -0.2) is 23.2 Å². The Morgan fingerprint density at radius 2 is 2.46 bits per heavy atom. The van der Waals surface area contributed by atoms with Crippen molar-refractivity contribution in [2.24, 2.45) is 5.73 Å². The normalized spacial score (nSPS) is 10.5. The maximum absolute atomic E-state index is 5.37. The van der Waals surface area contributed by atoms with Crippen molar-refractivity contribution in [3.63, 3.8) is 0 Å². The van der Waals surface area contributed by atoms with Gasteiger partial charge in [-0.2, -0.15) is 0 Å². The van der Waals surface area contributed by atoms with Crippen LogP contribution in [0.3, 0.4) is 0 Å². The highest BCUT2D eigenvalue weighted by Gasteiger charge is 2.03. The van der Waals surface area contributed by atoms with Gasteiger partial charge >= 0.3 is 0 Å². The van der Waals surface area contributed by atoms with Gasteiger partial charge in [0.2, 0.25) is 0 Å². The number of pyridine rings is 1. The lowest BCUT2D eigenvalue weighted by atomic mass is 10.3. The van der Waals surface area contributed by atoms with Crippen LogP contribution in [0.4, 0.5) is 5.82 Å². The minimum atomic E-state index is 0.573. The Labute approximate surface area is 74.9 Å². The van der Waals surface area contributed by atoms with Crippen molar-refractivity contribution >= 4 is 16.8 Å². The molecule has 0 radical (unpaired) electrons. The Morgan fingerprint density at radius 1 is 1.54 bits per heavy atom. The molecule has 5 nitrogen and oxygen atoms in total. The van der Waals surface area contributed by atoms with Gasteiger partial charge in [0.25, 0.3) is 0 Å². The average Bonchev–Trinajstić information content (AvgIpc) is 2.62. The Hall–Kier alpha value is -1.62. The predicted molar refractivity (Wildman–Crippen MR) is 49.3 cm³/mol. The highest BCUT2D eigenvalue weighted by molar-refractivity contribution is 5.86. The third-order valence-electron chi connectivity index (χ3n) is 1.72. The summed E-state index contributed by atoms with van der Waals surface area (Å²) in [4.78, 5) is 4.15. The van der Waals surface area contributed by atoms with Gasteiger partial charge in [-0.3, -0.25) is 0 Å². The highest BCUT2D eigenvalue weighted by atomic mass is 16.5. The number of aromatic nitrogens is 2. The summed E-state index contributed by atoms with van der Waals surface area (Å²) in [5, 5.41) is 7.66. The van der Waals surface area contributed by atoms with Gasteiger partial charge in [0, 0.05) is 25.4 Å². The molecule has 0 fully saturated rings. The first-order valence-corrected chi connectivity index (χ1v) is 4.05. The van der Waals surface area contributed by atoms with Crippen LogP contribution >= 0.6 is 0 Å². The van der Waals surface area contributed by atoms with Gasteiger partial charge in [0.05, 0.1) is 11.6 Å². The number of hydrogen-bond acceptors (Lipinski definition) is 5. The van der Waals surface area contributed by atoms with E-state index in [4.69, 9.17) is 10.3 Å². The molecule has 0 aliphatic heterocycles. The Balaban J connectivity index is 2.37. The van der Waals surface area contributed by atoms with E-state index >= 15 is 0 Å². The SMILES string of the molecule is NCCNc1nccc2oncc12. The van der Waals surface area contributed by atoms with Crippen LogP contribution in [0.2, 0.25) is 0 Å². The van der Waals surface area contributed by atoms with Crippen LogP contribution in [0.1, 0.15) is 0 Å². The van der Waals surface area contributed by atoms with Crippen LogP contribution in [-0.2, 0) is 0 Å². The Kier molecular flexibility index (Phi) is 2.09. The van der Waals surface area contributed by atoms with E-state index in [1.165, 1.54) is 0 Å². The second-order valence-electron chi connectivity index (χ2n) is 2.61. The van der Waals surface area contributed by atoms with E-state index in [9.17, 15) is 0 Å². The number of nitrogens with one attached hydrogen (secondary N) is 1. The van der Waals surface area contributed by atoms with Gasteiger partial charge in [-0.05, 0) is 0 Å². The number of fused-ring (bicyclic) bond motifs is 1. The van der Waals surface area contributed by atoms with Crippen molar-refractivity contribution in [1.29, 1.82) is 0 Å². The van der Waals surface area contributed by atoms with Gasteiger partial charge < -0.3 is 15.6 Å². The maximum Gasteiger partial charge on any atom is 0.172 e. The molecule has 0 bridgehead atoms. The third kappa shape index (κ3) is 1.46. The summed E-state index contributed by atoms with van der Waals surface area (Å²) >= 11 is 0. The molecule has 2 aromatic heterocycles. The van der Waals surface area contributed by atoms with Crippen LogP contribution in [0.5, 0.6) is 0 Å². The topological polar surface area (TPSA) is 77.0 Å². The highest BCUT2D eigenvalue weighted by Crippen LogP contribution is 2.19. The molecular weight excluding hydrogens is 168 g/mol. The molecule has 0 atom stereocenters. The Bertz CT molecular complexity index is 398. The van der Waals surface area contributed by atoms with E-state index in [1.54, 1.807) is 18.5 Å². The van der Waals surface area contributed by atoms with Crippen LogP contribution < -0.4 is 11.1 Å². The van der Waals surface area contributed by atoms with E-state index in [0.717, 1.165) is 16.8 Å². The predicted octanol–water partition coefficient (Wildman–Crippen LogP) is 0.593. The molecule has 5 heteroatoms. The molecule has 0 aliphatic carbocycles. The fraction of sp³-hybridized carbons (Fsp3) is 0.250. The van der Waals surface area contributed by atoms with Gasteiger partial charge in [0.1, 0.15) is 5.82 Å². The molecule has 13 heavy (non-hydrogen) atoms. The fourth-order valence-corrected chi connectivity index (χ4v) is 1.13. The molecule has 3 N–H and O–H groups in total. The average molecular weight is 178 g/mol. The zero-order valence-electron chi connectivity index (χ0n) is 7.03. The van der Waals surface area contributed by atoms with Gasteiger partial charge in [-0.15, -0.1) is 0 Å². The van der Waals surface area contributed by atoms with Crippen molar-refractivity contribution in [2.75, 3.05) is 18.4 Å². The molecule has 0 amide bonds. The maximum atomic E-state index is 5.37. The van der Waals surface area contributed by atoms with Crippen LogP contribution in [0, 0.1) is 0 Å². The standard InChI is InChI=1S/C8H10N4O/c9-2-4-11-8-6-5-12-13-7(6)1-3-10-8/h1,3,5H,2,4,9H2,(H,10,11). The molecular formula is C8H10N4O. The largest absolute Gasteiger partial charge is 0.368 e. The molecule has 0 aliphatic rings. The summed E-state index contributed by atoms with van der Waals surface area (Å²) in [6.07, 6.45) is 3.31. The van der Waals surface area contributed by atoms with Crippen molar-refractivity contribution in [1.82, 2.24) is 10.1 Å². The molecule has 0 saturated heterocycles. The van der Waals surface area contributed by atoms with Gasteiger partial charge in [-0.25, -0.2) is 4.98 Å². The van der Waals surface area contributed by atoms with Crippen molar-refractivity contribution in [3.8, 4) is 0 Å². The van der Waals surface area contributed by atoms with E-state index in [1.807, 2.05) is 0 Å². The zero-order valence-corrected chi connectivity index (χ0v) is 7.03. The molecule has 0 spiro atoms. The molecule has 68 valence electrons. The summed E-state index contributed by atoms with van der Waals surface area (Å²) < 4.78 is 4.98. The first-order valence-electron chi connectivity index (χ1n) is 4.05. The number of rotatable bonds is 3. The minimum Gasteiger partial charge on any atom is -0.368 e. The smallest absolute Gasteiger partial charge is 0.172 e. The lowest BCUT2D eigenvalue weighted by molar-refractivity contribution is 0.456. The van der Waals surface area contributed by atoms with E-state index in [0.29, 0.717) is 13.1 Å². The summed E-state index contributed by atoms with van der Waals surface area (Å²) in [6.45, 7) is 1.26. The molecule has 0 saturated carbocycles. The summed E-state index contributed by atoms with van der Waals surface area (Å²) in [5.74, 6) is 0.768. The summed E-state index contributed by atoms with van der Waals surface area (Å²) in [6, 6.07) is 1.77. The molecule has 2 heterocycles. The van der Waals surface area contributed by atoms with Crippen molar-refractivity contribution in [2.45, 2.75) is 0 Å². The number of nitrogens with zero attached hydrogens (tertiary/aromatic N) is 2. The second kappa shape index (κ2) is 3.40. The molecule has 2 aromatic rings. The monoisotopic (exact) mass is 178 g/mol. The quantitative estimate of drug-likeness (QED) is 0.719. The third-order valence-corrected chi connectivity index (χ3v) is 1.72. The Morgan fingerprint density at radius 3 is 3.31 bits per heavy atom. The molecule has 0 unspecified atom stereocenters. The first kappa shape index (κ1) is 8.00. The molecule has 2 rings (SSSR count).